The van der Waals surface area contributed by atoms with E-state index in [0.717, 1.165) is 65.5 Å². The zero-order valence-corrected chi connectivity index (χ0v) is 30.7. The lowest BCUT2D eigenvalue weighted by Gasteiger charge is -2.34. The van der Waals surface area contributed by atoms with E-state index >= 15 is 0 Å². The van der Waals surface area contributed by atoms with E-state index < -0.39 is 5.67 Å². The van der Waals surface area contributed by atoms with Gasteiger partial charge in [-0.1, -0.05) is 147 Å². The smallest absolute Gasteiger partial charge is 0.130 e. The number of halogens is 1. The largest absolute Gasteiger partial charge is 0.371 e. The summed E-state index contributed by atoms with van der Waals surface area (Å²) in [6.07, 6.45) is 16.5. The van der Waals surface area contributed by atoms with Crippen molar-refractivity contribution in [3.05, 3.63) is 88.9 Å². The van der Waals surface area contributed by atoms with Gasteiger partial charge in [-0.25, -0.2) is 9.37 Å². The summed E-state index contributed by atoms with van der Waals surface area (Å²) in [5.41, 5.74) is 5.80. The van der Waals surface area contributed by atoms with Crippen molar-refractivity contribution in [2.45, 2.75) is 130 Å². The zero-order chi connectivity index (χ0) is 33.5. The summed E-state index contributed by atoms with van der Waals surface area (Å²) >= 11 is 1.75. The van der Waals surface area contributed by atoms with Gasteiger partial charge in [0, 0.05) is 35.6 Å². The summed E-state index contributed by atoms with van der Waals surface area (Å²) in [5, 5.41) is 3.35. The van der Waals surface area contributed by atoms with Crippen molar-refractivity contribution in [1.29, 1.82) is 0 Å². The lowest BCUT2D eigenvalue weighted by atomic mass is 9.92. The molecule has 0 saturated carbocycles. The Morgan fingerprint density at radius 2 is 1.52 bits per heavy atom. The van der Waals surface area contributed by atoms with Crippen molar-refractivity contribution < 1.29 is 4.39 Å². The average Bonchev–Trinajstić information content (AvgIpc) is 3.56. The van der Waals surface area contributed by atoms with Crippen LogP contribution in [0.15, 0.2) is 67.1 Å². The molecule has 4 rings (SSSR count). The predicted octanol–water partition coefficient (Wildman–Crippen LogP) is 13.5. The first-order chi connectivity index (χ1) is 22.1. The van der Waals surface area contributed by atoms with Crippen molar-refractivity contribution in [2.24, 2.45) is 5.92 Å². The highest BCUT2D eigenvalue weighted by Gasteiger charge is 2.25. The number of benzene rings is 2. The van der Waals surface area contributed by atoms with Gasteiger partial charge in [0.1, 0.15) is 5.67 Å². The fraction of sp³-hybridized carbons (Fsp3) is 0.548. The van der Waals surface area contributed by atoms with E-state index in [0.29, 0.717) is 11.5 Å². The standard InChI is InChI=1S/C28H31FN2S.C14H30/c1-19(2)26-18-32-27(30-26)22-14-16-31(17-15-22)20(3)24-8-6-7-9-25(24)21-10-12-23(13-11-21)28(4,5)29;1-4-7-8-9-10-13-14(11-5-2)12-6-3/h6-13,18,22H,1,3,14-17H2,2,4-5H3;14H,4-13H2,1-3H3. The van der Waals surface area contributed by atoms with Crippen LogP contribution in [0.5, 0.6) is 0 Å². The highest BCUT2D eigenvalue weighted by atomic mass is 32.1. The Balaban J connectivity index is 0.000000349. The molecule has 1 aliphatic heterocycles. The molecule has 0 aliphatic carbocycles. The van der Waals surface area contributed by atoms with Crippen molar-refractivity contribution in [2.75, 3.05) is 13.1 Å². The van der Waals surface area contributed by atoms with Gasteiger partial charge in [-0.15, -0.1) is 11.3 Å². The number of allylic oxidation sites excluding steroid dienone is 1. The minimum absolute atomic E-state index is 0.504. The molecule has 1 saturated heterocycles. The summed E-state index contributed by atoms with van der Waals surface area (Å²) in [4.78, 5) is 7.18. The second-order valence-corrected chi connectivity index (χ2v) is 14.7. The highest BCUT2D eigenvalue weighted by molar-refractivity contribution is 7.09. The normalized spacial score (nSPS) is 13.9. The molecule has 0 atom stereocenters. The number of alkyl halides is 1. The number of thiazole rings is 1. The molecule has 1 aliphatic rings. The second kappa shape index (κ2) is 19.2. The summed E-state index contributed by atoms with van der Waals surface area (Å²) in [7, 11) is 0. The molecule has 0 spiro atoms. The van der Waals surface area contributed by atoms with Gasteiger partial charge < -0.3 is 4.90 Å². The minimum atomic E-state index is -1.34. The molecule has 1 fully saturated rings. The third-order valence-electron chi connectivity index (χ3n) is 9.42. The van der Waals surface area contributed by atoms with Crippen LogP contribution in [-0.4, -0.2) is 23.0 Å². The monoisotopic (exact) mass is 644 g/mol. The number of nitrogens with zero attached hydrogens (tertiary/aromatic N) is 2. The Kier molecular flexibility index (Phi) is 15.7. The summed E-state index contributed by atoms with van der Waals surface area (Å²) in [5.74, 6) is 1.54. The molecule has 0 bridgehead atoms. The molecule has 3 aromatic rings. The van der Waals surface area contributed by atoms with Crippen LogP contribution in [0.1, 0.15) is 146 Å². The van der Waals surface area contributed by atoms with Crippen LogP contribution in [0.3, 0.4) is 0 Å². The van der Waals surface area contributed by atoms with Gasteiger partial charge in [-0.05, 0) is 61.8 Å². The van der Waals surface area contributed by atoms with Crippen LogP contribution >= 0.6 is 11.3 Å². The summed E-state index contributed by atoms with van der Waals surface area (Å²) in [6.45, 7) is 22.5. The molecule has 0 N–H and O–H groups in total. The van der Waals surface area contributed by atoms with Crippen LogP contribution < -0.4 is 0 Å². The molecule has 4 heteroatoms. The van der Waals surface area contributed by atoms with E-state index in [1.807, 2.05) is 37.3 Å². The van der Waals surface area contributed by atoms with E-state index in [4.69, 9.17) is 4.98 Å². The van der Waals surface area contributed by atoms with E-state index in [1.54, 1.807) is 25.2 Å². The van der Waals surface area contributed by atoms with E-state index in [1.165, 1.54) is 69.2 Å². The third kappa shape index (κ3) is 11.5. The Morgan fingerprint density at radius 3 is 2.09 bits per heavy atom. The van der Waals surface area contributed by atoms with Crippen LogP contribution in [0, 0.1) is 5.92 Å². The van der Waals surface area contributed by atoms with E-state index in [-0.39, 0.29) is 0 Å². The zero-order valence-electron chi connectivity index (χ0n) is 29.8. The molecule has 0 radical (unpaired) electrons. The van der Waals surface area contributed by atoms with Crippen molar-refractivity contribution >= 4 is 22.6 Å². The fourth-order valence-corrected chi connectivity index (χ4v) is 7.62. The molecule has 252 valence electrons. The van der Waals surface area contributed by atoms with Gasteiger partial charge in [0.2, 0.25) is 0 Å². The molecule has 0 unspecified atom stereocenters. The Morgan fingerprint density at radius 1 is 0.891 bits per heavy atom. The lowest BCUT2D eigenvalue weighted by molar-refractivity contribution is 0.221. The second-order valence-electron chi connectivity index (χ2n) is 13.8. The van der Waals surface area contributed by atoms with Gasteiger partial charge in [0.15, 0.2) is 0 Å². The molecule has 2 aromatic carbocycles. The number of piperidine rings is 1. The highest BCUT2D eigenvalue weighted by Crippen LogP contribution is 2.37. The molecular formula is C42H61FN2S. The molecule has 2 heterocycles. The van der Waals surface area contributed by atoms with Gasteiger partial charge in [-0.2, -0.15) is 0 Å². The number of aromatic nitrogens is 1. The van der Waals surface area contributed by atoms with Crippen LogP contribution in [0.2, 0.25) is 0 Å². The Hall–Kier alpha value is -2.72. The molecule has 1 aromatic heterocycles. The number of hydrogen-bond acceptors (Lipinski definition) is 3. The maximum absolute atomic E-state index is 14.3. The maximum Gasteiger partial charge on any atom is 0.130 e. The summed E-state index contributed by atoms with van der Waals surface area (Å²) in [6, 6.07) is 16.2. The van der Waals surface area contributed by atoms with Crippen LogP contribution in [-0.2, 0) is 5.67 Å². The van der Waals surface area contributed by atoms with Crippen molar-refractivity contribution in [1.82, 2.24) is 9.88 Å². The van der Waals surface area contributed by atoms with Gasteiger partial charge in [-0.3, -0.25) is 0 Å². The average molecular weight is 645 g/mol. The van der Waals surface area contributed by atoms with Crippen molar-refractivity contribution in [3.8, 4) is 11.1 Å². The van der Waals surface area contributed by atoms with Crippen LogP contribution in [0.4, 0.5) is 4.39 Å². The third-order valence-corrected chi connectivity index (χ3v) is 10.4. The Labute approximate surface area is 285 Å². The predicted molar refractivity (Wildman–Crippen MR) is 202 cm³/mol. The van der Waals surface area contributed by atoms with Gasteiger partial charge in [0.05, 0.1) is 10.7 Å². The maximum atomic E-state index is 14.3. The van der Waals surface area contributed by atoms with Crippen LogP contribution in [0.25, 0.3) is 22.4 Å². The van der Waals surface area contributed by atoms with Crippen molar-refractivity contribution in [3.63, 3.8) is 0 Å². The van der Waals surface area contributed by atoms with Gasteiger partial charge in [0.25, 0.3) is 0 Å². The topological polar surface area (TPSA) is 16.1 Å². The minimum Gasteiger partial charge on any atom is -0.371 e. The first kappa shape index (κ1) is 37.7. The summed E-state index contributed by atoms with van der Waals surface area (Å²) < 4.78 is 14.3. The van der Waals surface area contributed by atoms with E-state index in [9.17, 15) is 4.39 Å². The number of rotatable bonds is 16. The SMILES string of the molecule is C=C(C)c1csc(C2CCN(C(=C)c3ccccc3-c3ccc(C(C)(C)F)cc3)CC2)n1.CCCCCCCC(CCC)CCC. The molecule has 46 heavy (non-hydrogen) atoms. The number of unbranched alkanes of at least 4 members (excludes halogenated alkanes) is 4. The number of likely N-dealkylation sites (tertiary alicyclic amines) is 1. The van der Waals surface area contributed by atoms with E-state index in [2.05, 4.69) is 62.4 Å². The molecule has 0 amide bonds. The first-order valence-corrected chi connectivity index (χ1v) is 18.9. The fourth-order valence-electron chi connectivity index (χ4n) is 6.56. The Bertz CT molecular complexity index is 1320. The first-order valence-electron chi connectivity index (χ1n) is 18.0. The number of hydrogen-bond donors (Lipinski definition) is 0. The quantitative estimate of drug-likeness (QED) is 0.144. The molecule has 2 nitrogen and oxygen atoms in total. The van der Waals surface area contributed by atoms with Gasteiger partial charge >= 0.3 is 0 Å². The lowest BCUT2D eigenvalue weighted by Crippen LogP contribution is -2.31. The molecular weight excluding hydrogens is 584 g/mol.